The van der Waals surface area contributed by atoms with Crippen LogP contribution in [0.15, 0.2) is 37.5 Å². The van der Waals surface area contributed by atoms with Gasteiger partial charge in [-0.25, -0.2) is 0 Å². The fourth-order valence-electron chi connectivity index (χ4n) is 11.5. The number of ether oxygens (including phenoxy) is 2. The number of aliphatic hydroxyl groups is 1. The van der Waals surface area contributed by atoms with Crippen molar-refractivity contribution in [3.8, 4) is 0 Å². The number of hydrogen-bond donors (Lipinski definition) is 5. The SMILES string of the molecule is C=CCOC[C@@H]1C(=O)N(C)C([C@@H](C)OCC=C)C(=O)N[C@@H](C(C)C)C(=O)N(C)[C@@H](CC(C)C)C(=O)N[C@@H](C)C(=O)N[C@H](C)C(=O)N(C)[C@@H](CC(C)C)C(=O)N(C)[C@@H](CC(C)C)C(=O)N(C)[C@@H](C(C)C)C(=O)N(C)[C@@H]([C@H](O)[C@H](C)/C=C/C)C(=O)N[C@@H](CC)C(=O)N1CC. The molecule has 524 valence electrons. The number of aliphatic hydroxyl groups excluding tert-OH is 1. The monoisotopic (exact) mass is 1300 g/mol. The van der Waals surface area contributed by atoms with Crippen LogP contribution in [0.5, 0.6) is 0 Å². The van der Waals surface area contributed by atoms with Crippen molar-refractivity contribution in [2.45, 2.75) is 222 Å². The Morgan fingerprint density at radius 2 is 0.935 bits per heavy atom. The molecule has 25 heteroatoms. The summed E-state index contributed by atoms with van der Waals surface area (Å²) < 4.78 is 11.9. The maximum absolute atomic E-state index is 15.3. The average Bonchev–Trinajstić information content (AvgIpc) is 0.902. The van der Waals surface area contributed by atoms with Crippen molar-refractivity contribution in [2.24, 2.45) is 35.5 Å². The Morgan fingerprint density at radius 1 is 0.489 bits per heavy atom. The Bertz CT molecular complexity index is 2540. The summed E-state index contributed by atoms with van der Waals surface area (Å²) in [4.78, 5) is 172. The molecule has 11 amide bonds. The van der Waals surface area contributed by atoms with Gasteiger partial charge < -0.3 is 70.1 Å². The first-order chi connectivity index (χ1) is 42.8. The quantitative estimate of drug-likeness (QED) is 0.0814. The van der Waals surface area contributed by atoms with E-state index in [1.54, 1.807) is 74.5 Å². The summed E-state index contributed by atoms with van der Waals surface area (Å²) in [5.74, 6) is -10.7. The second-order valence-electron chi connectivity index (χ2n) is 26.5. The fourth-order valence-corrected chi connectivity index (χ4v) is 11.5. The summed E-state index contributed by atoms with van der Waals surface area (Å²) >= 11 is 0. The van der Waals surface area contributed by atoms with E-state index in [0.717, 1.165) is 9.80 Å². The van der Waals surface area contributed by atoms with Gasteiger partial charge >= 0.3 is 0 Å². The van der Waals surface area contributed by atoms with E-state index in [1.165, 1.54) is 92.8 Å². The molecule has 14 atom stereocenters. The van der Waals surface area contributed by atoms with E-state index in [0.29, 0.717) is 0 Å². The van der Waals surface area contributed by atoms with Crippen LogP contribution in [0.2, 0.25) is 0 Å². The molecule has 92 heavy (non-hydrogen) atoms. The topological polar surface area (TPSA) is 297 Å². The first kappa shape index (κ1) is 83.3. The Balaban J connectivity index is 4.59. The maximum atomic E-state index is 15.3. The number of amides is 11. The predicted octanol–water partition coefficient (Wildman–Crippen LogP) is 3.39. The molecule has 0 radical (unpaired) electrons. The normalized spacial score (nSPS) is 26.8. The summed E-state index contributed by atoms with van der Waals surface area (Å²) in [5.41, 5.74) is 0. The van der Waals surface area contributed by atoms with Crippen molar-refractivity contribution in [1.82, 2.24) is 55.6 Å². The lowest BCUT2D eigenvalue weighted by Gasteiger charge is -2.41. The number of nitrogens with zero attached hydrogens (tertiary/aromatic N) is 7. The highest BCUT2D eigenvalue weighted by Crippen LogP contribution is 2.26. The smallest absolute Gasteiger partial charge is 0.248 e. The van der Waals surface area contributed by atoms with Crippen molar-refractivity contribution in [1.29, 1.82) is 0 Å². The van der Waals surface area contributed by atoms with Gasteiger partial charge in [-0.1, -0.05) is 107 Å². The standard InChI is InChI=1S/C67H117N11O14/c1-26-31-43(16)56(79)55-60(83)70-47(29-4)62(85)78(30-5)51(37-91-32-27-2)65(88)76(24)54(46(19)92-33-28-3)59(82)71-52(41(12)13)66(89)72(20)48(34-38(6)7)58(81)68-44(17)57(80)69-45(18)61(84)73(21)49(35-39(8)9)63(86)74(22)50(36-40(10)11)64(87)75(23)53(42(14)15)67(90)77(55)25/h26-28,31,38-56,79H,2-3,29-30,32-37H2,1,4-25H3,(H,68,81)(H,69,80)(H,70,83)(H,71,82)/b31-26+/t43-,44+,45-,46-,47+,48+,49+,50+,51-,52+,53+,54?,55+,56-/m1/s1. The minimum Gasteiger partial charge on any atom is -0.390 e. The van der Waals surface area contributed by atoms with Crippen LogP contribution in [-0.2, 0) is 62.2 Å². The Kier molecular flexibility index (Phi) is 35.4. The van der Waals surface area contributed by atoms with Crippen LogP contribution in [0.4, 0.5) is 0 Å². The molecule has 1 rings (SSSR count). The lowest BCUT2D eigenvalue weighted by molar-refractivity contribution is -0.158. The van der Waals surface area contributed by atoms with Crippen LogP contribution in [-0.4, -0.2) is 252 Å². The second kappa shape index (κ2) is 39.1. The minimum absolute atomic E-state index is 0.0587. The molecule has 0 aromatic rings. The van der Waals surface area contributed by atoms with E-state index in [-0.39, 0.29) is 63.2 Å². The van der Waals surface area contributed by atoms with Crippen LogP contribution >= 0.6 is 0 Å². The Labute approximate surface area is 549 Å². The van der Waals surface area contributed by atoms with E-state index < -0.39 is 168 Å². The van der Waals surface area contributed by atoms with Gasteiger partial charge in [-0.15, -0.1) is 13.2 Å². The molecular weight excluding hydrogens is 1180 g/mol. The number of hydrogen-bond acceptors (Lipinski definition) is 14. The zero-order valence-corrected chi connectivity index (χ0v) is 59.7. The molecule has 0 spiro atoms. The summed E-state index contributed by atoms with van der Waals surface area (Å²) in [5, 5.41) is 23.2. The van der Waals surface area contributed by atoms with Gasteiger partial charge in [-0.3, -0.25) is 52.7 Å². The molecule has 0 saturated carbocycles. The Morgan fingerprint density at radius 3 is 1.40 bits per heavy atom. The number of rotatable bonds is 21. The van der Waals surface area contributed by atoms with Crippen LogP contribution in [0, 0.1) is 35.5 Å². The molecule has 1 unspecified atom stereocenters. The second-order valence-corrected chi connectivity index (χ2v) is 26.5. The van der Waals surface area contributed by atoms with Crippen molar-refractivity contribution in [3.05, 3.63) is 37.5 Å². The molecule has 0 aromatic carbocycles. The molecule has 25 nitrogen and oxygen atoms in total. The zero-order valence-electron chi connectivity index (χ0n) is 59.7. The van der Waals surface area contributed by atoms with E-state index in [9.17, 15) is 29.1 Å². The lowest BCUT2D eigenvalue weighted by atomic mass is 9.93. The molecule has 1 fully saturated rings. The summed E-state index contributed by atoms with van der Waals surface area (Å²) in [6, 6.07) is -14.7. The number of carbonyl (C=O) groups is 11. The maximum Gasteiger partial charge on any atom is 0.248 e. The highest BCUT2D eigenvalue weighted by Gasteiger charge is 2.47. The summed E-state index contributed by atoms with van der Waals surface area (Å²) in [7, 11) is 8.37. The van der Waals surface area contributed by atoms with E-state index in [1.807, 2.05) is 41.5 Å². The zero-order chi connectivity index (χ0) is 71.1. The van der Waals surface area contributed by atoms with E-state index in [2.05, 4.69) is 34.4 Å². The highest BCUT2D eigenvalue weighted by atomic mass is 16.5. The van der Waals surface area contributed by atoms with E-state index in [4.69, 9.17) is 9.47 Å². The van der Waals surface area contributed by atoms with Crippen molar-refractivity contribution >= 4 is 65.0 Å². The average molecular weight is 1300 g/mol. The minimum atomic E-state index is -1.69. The fraction of sp³-hybridized carbons (Fsp3) is 0.746. The molecule has 1 heterocycles. The van der Waals surface area contributed by atoms with Gasteiger partial charge in [0.1, 0.15) is 66.5 Å². The third-order valence-electron chi connectivity index (χ3n) is 16.9. The summed E-state index contributed by atoms with van der Waals surface area (Å²) in [6.07, 6.45) is 3.84. The van der Waals surface area contributed by atoms with Gasteiger partial charge in [0.2, 0.25) is 65.0 Å². The van der Waals surface area contributed by atoms with Gasteiger partial charge in [0.05, 0.1) is 32.0 Å². The molecule has 0 bridgehead atoms. The number of likely N-dealkylation sites (N-methyl/N-ethyl adjacent to an activating group) is 7. The van der Waals surface area contributed by atoms with Crippen molar-refractivity contribution < 1.29 is 67.3 Å². The van der Waals surface area contributed by atoms with Gasteiger partial charge in [0.25, 0.3) is 0 Å². The molecule has 1 aliphatic rings. The largest absolute Gasteiger partial charge is 0.390 e. The molecule has 5 N–H and O–H groups in total. The van der Waals surface area contributed by atoms with E-state index >= 15 is 28.8 Å². The van der Waals surface area contributed by atoms with Crippen LogP contribution in [0.3, 0.4) is 0 Å². The van der Waals surface area contributed by atoms with Crippen molar-refractivity contribution in [3.63, 3.8) is 0 Å². The van der Waals surface area contributed by atoms with Crippen molar-refractivity contribution in [2.75, 3.05) is 68.7 Å². The van der Waals surface area contributed by atoms with Crippen LogP contribution < -0.4 is 21.3 Å². The number of carbonyl (C=O) groups excluding carboxylic acids is 11. The van der Waals surface area contributed by atoms with Crippen LogP contribution in [0.25, 0.3) is 0 Å². The molecule has 1 aliphatic heterocycles. The lowest BCUT2D eigenvalue weighted by Crippen LogP contribution is -2.65. The molecule has 1 saturated heterocycles. The first-order valence-corrected chi connectivity index (χ1v) is 32.6. The van der Waals surface area contributed by atoms with Gasteiger partial charge in [-0.05, 0) is 89.9 Å². The third kappa shape index (κ3) is 22.8. The third-order valence-corrected chi connectivity index (χ3v) is 16.9. The van der Waals surface area contributed by atoms with Gasteiger partial charge in [-0.2, -0.15) is 0 Å². The first-order valence-electron chi connectivity index (χ1n) is 32.6. The molecular formula is C67H117N11O14. The highest BCUT2D eigenvalue weighted by molar-refractivity contribution is 6.00. The van der Waals surface area contributed by atoms with Gasteiger partial charge in [0, 0.05) is 54.7 Å². The Hall–Kier alpha value is -6.73. The van der Waals surface area contributed by atoms with Gasteiger partial charge in [0.15, 0.2) is 0 Å². The number of nitrogens with one attached hydrogen (secondary N) is 4. The number of allylic oxidation sites excluding steroid dienone is 1. The molecule has 0 aliphatic carbocycles. The summed E-state index contributed by atoms with van der Waals surface area (Å²) in [6.45, 7) is 35.7. The molecule has 0 aromatic heterocycles. The van der Waals surface area contributed by atoms with Crippen LogP contribution in [0.1, 0.15) is 143 Å². The predicted molar refractivity (Wildman–Crippen MR) is 355 cm³/mol.